The summed E-state index contributed by atoms with van der Waals surface area (Å²) < 4.78 is 9.64. The molecule has 0 aliphatic heterocycles. The topological polar surface area (TPSA) is 93.1 Å². The Morgan fingerprint density at radius 1 is 1.29 bits per heavy atom. The highest BCUT2D eigenvalue weighted by atomic mass is 16.6. The summed E-state index contributed by atoms with van der Waals surface area (Å²) in [4.78, 5) is 35.1. The zero-order valence-electron chi connectivity index (χ0n) is 12.5. The van der Waals surface area contributed by atoms with Crippen LogP contribution in [0.3, 0.4) is 0 Å². The Kier molecular flexibility index (Phi) is 9.66. The minimum atomic E-state index is -1.11. The van der Waals surface area contributed by atoms with Gasteiger partial charge in [-0.2, -0.15) is 0 Å². The van der Waals surface area contributed by atoms with Gasteiger partial charge < -0.3 is 14.6 Å². The fraction of sp³-hybridized carbons (Fsp3) is 0.643. The summed E-state index contributed by atoms with van der Waals surface area (Å²) in [7, 11) is 0. The minimum absolute atomic E-state index is 0.0184. The lowest BCUT2D eigenvalue weighted by atomic mass is 10.2. The third kappa shape index (κ3) is 7.96. The Hall–Kier alpha value is -2.05. The van der Waals surface area contributed by atoms with Crippen molar-refractivity contribution in [2.45, 2.75) is 39.2 Å². The number of hydrogen-bond donors (Lipinski definition) is 1. The maximum Gasteiger partial charge on any atom is 0.410 e. The molecule has 0 spiro atoms. The summed E-state index contributed by atoms with van der Waals surface area (Å²) in [5.41, 5.74) is 0. The van der Waals surface area contributed by atoms with Crippen LogP contribution in [0.2, 0.25) is 0 Å². The van der Waals surface area contributed by atoms with Crippen LogP contribution in [0.4, 0.5) is 4.79 Å². The summed E-state index contributed by atoms with van der Waals surface area (Å²) in [6, 6.07) is -0.995. The van der Waals surface area contributed by atoms with Crippen LogP contribution in [-0.4, -0.2) is 53.8 Å². The number of carboxylic acid groups (broad SMARTS) is 1. The van der Waals surface area contributed by atoms with E-state index in [1.807, 2.05) is 0 Å². The third-order valence-electron chi connectivity index (χ3n) is 2.72. The van der Waals surface area contributed by atoms with Crippen LogP contribution in [0.15, 0.2) is 12.7 Å². The first-order chi connectivity index (χ1) is 9.93. The largest absolute Gasteiger partial charge is 0.480 e. The molecule has 1 amide bonds. The van der Waals surface area contributed by atoms with E-state index in [0.717, 1.165) is 4.90 Å². The number of carboxylic acids is 1. The van der Waals surface area contributed by atoms with Crippen molar-refractivity contribution in [1.82, 2.24) is 4.90 Å². The molecular weight excluding hydrogens is 278 g/mol. The highest BCUT2D eigenvalue weighted by Gasteiger charge is 2.26. The fourth-order valence-corrected chi connectivity index (χ4v) is 1.57. The average molecular weight is 301 g/mol. The third-order valence-corrected chi connectivity index (χ3v) is 2.72. The Morgan fingerprint density at radius 2 is 1.95 bits per heavy atom. The molecule has 0 unspecified atom stereocenters. The van der Waals surface area contributed by atoms with Crippen molar-refractivity contribution in [1.29, 1.82) is 0 Å². The molecule has 7 nitrogen and oxygen atoms in total. The summed E-state index contributed by atoms with van der Waals surface area (Å²) in [6.45, 7) is 7.10. The van der Waals surface area contributed by atoms with Gasteiger partial charge in [0.05, 0.1) is 6.61 Å². The lowest BCUT2D eigenvalue weighted by molar-refractivity contribution is -0.144. The number of aliphatic carboxylic acids is 1. The standard InChI is InChI=1S/C14H23NO6/c1-4-10-21-14(19)15(11(3)13(17)18)9-7-6-8-12(16)20-5-2/h4,11H,1,5-10H2,2-3H3,(H,17,18)/t11-/m0/s1. The second-order valence-electron chi connectivity index (χ2n) is 4.34. The molecule has 0 rings (SSSR count). The fourth-order valence-electron chi connectivity index (χ4n) is 1.57. The van der Waals surface area contributed by atoms with Gasteiger partial charge >= 0.3 is 18.0 Å². The smallest absolute Gasteiger partial charge is 0.410 e. The molecule has 120 valence electrons. The quantitative estimate of drug-likeness (QED) is 0.376. The molecule has 0 fully saturated rings. The van der Waals surface area contributed by atoms with Gasteiger partial charge in [-0.25, -0.2) is 9.59 Å². The maximum absolute atomic E-state index is 11.8. The van der Waals surface area contributed by atoms with E-state index in [0.29, 0.717) is 19.4 Å². The zero-order chi connectivity index (χ0) is 16.3. The molecule has 0 aliphatic carbocycles. The van der Waals surface area contributed by atoms with Crippen molar-refractivity contribution in [3.05, 3.63) is 12.7 Å². The normalized spacial score (nSPS) is 11.3. The number of hydrogen-bond acceptors (Lipinski definition) is 5. The van der Waals surface area contributed by atoms with Gasteiger partial charge in [0.15, 0.2) is 0 Å². The first kappa shape index (κ1) is 18.9. The van der Waals surface area contributed by atoms with Gasteiger partial charge in [0.25, 0.3) is 0 Å². The van der Waals surface area contributed by atoms with Crippen LogP contribution in [0.1, 0.15) is 33.1 Å². The molecule has 0 saturated carbocycles. The number of amides is 1. The number of ether oxygens (including phenoxy) is 2. The number of esters is 1. The van der Waals surface area contributed by atoms with E-state index in [1.165, 1.54) is 13.0 Å². The van der Waals surface area contributed by atoms with E-state index >= 15 is 0 Å². The highest BCUT2D eigenvalue weighted by molar-refractivity contribution is 5.79. The van der Waals surface area contributed by atoms with E-state index in [4.69, 9.17) is 14.6 Å². The second-order valence-corrected chi connectivity index (χ2v) is 4.34. The molecule has 0 radical (unpaired) electrons. The number of unbranched alkanes of at least 4 members (excludes halogenated alkanes) is 1. The van der Waals surface area contributed by atoms with Gasteiger partial charge in [0.1, 0.15) is 12.6 Å². The molecule has 1 atom stereocenters. The molecule has 1 N–H and O–H groups in total. The van der Waals surface area contributed by atoms with Gasteiger partial charge in [-0.15, -0.1) is 0 Å². The lowest BCUT2D eigenvalue weighted by Crippen LogP contribution is -2.44. The van der Waals surface area contributed by atoms with E-state index in [-0.39, 0.29) is 25.5 Å². The molecule has 7 heteroatoms. The van der Waals surface area contributed by atoms with Crippen LogP contribution in [0.25, 0.3) is 0 Å². The Bertz CT molecular complexity index is 368. The van der Waals surface area contributed by atoms with Crippen LogP contribution >= 0.6 is 0 Å². The van der Waals surface area contributed by atoms with Gasteiger partial charge in [0.2, 0.25) is 0 Å². The number of rotatable bonds is 10. The van der Waals surface area contributed by atoms with Crippen molar-refractivity contribution in [3.63, 3.8) is 0 Å². The van der Waals surface area contributed by atoms with Gasteiger partial charge in [0, 0.05) is 13.0 Å². The predicted molar refractivity (Wildman–Crippen MR) is 75.8 cm³/mol. The molecule has 0 saturated heterocycles. The molecule has 0 aromatic rings. The van der Waals surface area contributed by atoms with Crippen molar-refractivity contribution in [3.8, 4) is 0 Å². The van der Waals surface area contributed by atoms with Crippen LogP contribution in [0, 0.1) is 0 Å². The first-order valence-corrected chi connectivity index (χ1v) is 6.86. The van der Waals surface area contributed by atoms with Crippen LogP contribution in [-0.2, 0) is 19.1 Å². The van der Waals surface area contributed by atoms with E-state index in [2.05, 4.69) is 6.58 Å². The van der Waals surface area contributed by atoms with Gasteiger partial charge in [-0.1, -0.05) is 12.7 Å². The van der Waals surface area contributed by atoms with E-state index < -0.39 is 18.1 Å². The SMILES string of the molecule is C=CCOC(=O)N(CCCCC(=O)OCC)[C@@H](C)C(=O)O. The molecule has 0 aliphatic rings. The molecule has 0 aromatic carbocycles. The Balaban J connectivity index is 4.34. The number of nitrogens with zero attached hydrogens (tertiary/aromatic N) is 1. The number of carbonyl (C=O) groups excluding carboxylic acids is 2. The van der Waals surface area contributed by atoms with Crippen LogP contribution < -0.4 is 0 Å². The second kappa shape index (κ2) is 10.7. The monoisotopic (exact) mass is 301 g/mol. The average Bonchev–Trinajstić information content (AvgIpc) is 2.44. The molecular formula is C14H23NO6. The van der Waals surface area contributed by atoms with Crippen molar-refractivity contribution in [2.75, 3.05) is 19.8 Å². The molecule has 0 heterocycles. The number of carbonyl (C=O) groups is 3. The Labute approximate surface area is 124 Å². The van der Waals surface area contributed by atoms with Gasteiger partial charge in [-0.3, -0.25) is 9.69 Å². The van der Waals surface area contributed by atoms with E-state index in [9.17, 15) is 14.4 Å². The Morgan fingerprint density at radius 3 is 2.48 bits per heavy atom. The summed E-state index contributed by atoms with van der Waals surface area (Å²) in [5, 5.41) is 9.00. The van der Waals surface area contributed by atoms with Crippen molar-refractivity contribution >= 4 is 18.0 Å². The minimum Gasteiger partial charge on any atom is -0.480 e. The maximum atomic E-state index is 11.8. The molecule has 0 bridgehead atoms. The lowest BCUT2D eigenvalue weighted by Gasteiger charge is -2.25. The zero-order valence-corrected chi connectivity index (χ0v) is 12.5. The predicted octanol–water partition coefficient (Wildman–Crippen LogP) is 1.82. The highest BCUT2D eigenvalue weighted by Crippen LogP contribution is 2.07. The summed E-state index contributed by atoms with van der Waals surface area (Å²) in [5.74, 6) is -1.42. The van der Waals surface area contributed by atoms with E-state index in [1.54, 1.807) is 6.92 Å². The molecule has 21 heavy (non-hydrogen) atoms. The molecule has 0 aromatic heterocycles. The summed E-state index contributed by atoms with van der Waals surface area (Å²) >= 11 is 0. The van der Waals surface area contributed by atoms with Gasteiger partial charge in [-0.05, 0) is 26.7 Å². The van der Waals surface area contributed by atoms with Crippen molar-refractivity contribution < 1.29 is 29.0 Å². The van der Waals surface area contributed by atoms with Crippen molar-refractivity contribution in [2.24, 2.45) is 0 Å². The van der Waals surface area contributed by atoms with Crippen LogP contribution in [0.5, 0.6) is 0 Å². The summed E-state index contributed by atoms with van der Waals surface area (Å²) in [6.07, 6.45) is 1.93. The first-order valence-electron chi connectivity index (χ1n) is 6.86.